The van der Waals surface area contributed by atoms with Crippen LogP contribution in [0.1, 0.15) is 39.5 Å². The fourth-order valence-corrected chi connectivity index (χ4v) is 4.31. The van der Waals surface area contributed by atoms with E-state index in [0.717, 1.165) is 24.3 Å². The molecule has 112 valence electrons. The van der Waals surface area contributed by atoms with Crippen molar-refractivity contribution in [1.29, 1.82) is 0 Å². The van der Waals surface area contributed by atoms with E-state index in [1.165, 1.54) is 38.8 Å². The molecule has 0 radical (unpaired) electrons. The van der Waals surface area contributed by atoms with Crippen molar-refractivity contribution in [3.63, 3.8) is 0 Å². The number of aliphatic hydroxyl groups is 1. The summed E-state index contributed by atoms with van der Waals surface area (Å²) in [7, 11) is 2.12. The minimum Gasteiger partial charge on any atom is -0.396 e. The van der Waals surface area contributed by atoms with Gasteiger partial charge in [-0.1, -0.05) is 13.8 Å². The van der Waals surface area contributed by atoms with E-state index in [2.05, 4.69) is 31.1 Å². The second-order valence-corrected chi connectivity index (χ2v) is 7.06. The fraction of sp³-hybridized carbons (Fsp3) is 1.00. The highest BCUT2D eigenvalue weighted by molar-refractivity contribution is 4.89. The van der Waals surface area contributed by atoms with Gasteiger partial charge in [-0.05, 0) is 62.9 Å². The van der Waals surface area contributed by atoms with Crippen LogP contribution in [0.2, 0.25) is 0 Å². The molecule has 0 aromatic rings. The standard InChI is InChI=1S/C16H32N2O/c1-12-7-13(2)15(16(8-12)17-3)10-18-6-4-5-14(9-18)11-19/h12-17,19H,4-11H2,1-3H3. The van der Waals surface area contributed by atoms with Crippen LogP contribution in [0.25, 0.3) is 0 Å². The number of likely N-dealkylation sites (tertiary alicyclic amines) is 1. The van der Waals surface area contributed by atoms with Crippen LogP contribution in [0, 0.1) is 23.7 Å². The van der Waals surface area contributed by atoms with Crippen molar-refractivity contribution < 1.29 is 5.11 Å². The molecule has 0 spiro atoms. The minimum atomic E-state index is 0.364. The molecule has 1 heterocycles. The molecule has 2 N–H and O–H groups in total. The van der Waals surface area contributed by atoms with Gasteiger partial charge in [-0.25, -0.2) is 0 Å². The molecule has 1 aliphatic heterocycles. The first-order valence-electron chi connectivity index (χ1n) is 8.14. The van der Waals surface area contributed by atoms with Gasteiger partial charge in [0, 0.05) is 25.7 Å². The van der Waals surface area contributed by atoms with Gasteiger partial charge in [-0.3, -0.25) is 0 Å². The van der Waals surface area contributed by atoms with Crippen LogP contribution in [-0.2, 0) is 0 Å². The highest BCUT2D eigenvalue weighted by atomic mass is 16.3. The molecular formula is C16H32N2O. The van der Waals surface area contributed by atoms with E-state index in [0.29, 0.717) is 18.6 Å². The van der Waals surface area contributed by atoms with Crippen LogP contribution in [-0.4, -0.2) is 49.3 Å². The smallest absolute Gasteiger partial charge is 0.0471 e. The summed E-state index contributed by atoms with van der Waals surface area (Å²) in [5, 5.41) is 12.9. The lowest BCUT2D eigenvalue weighted by Crippen LogP contribution is -2.49. The maximum atomic E-state index is 9.36. The van der Waals surface area contributed by atoms with E-state index < -0.39 is 0 Å². The molecule has 19 heavy (non-hydrogen) atoms. The third-order valence-corrected chi connectivity index (χ3v) is 5.38. The zero-order chi connectivity index (χ0) is 13.8. The number of nitrogens with one attached hydrogen (secondary N) is 1. The molecule has 0 aromatic carbocycles. The first-order valence-corrected chi connectivity index (χ1v) is 8.14. The van der Waals surface area contributed by atoms with Gasteiger partial charge in [0.2, 0.25) is 0 Å². The number of rotatable bonds is 4. The number of piperidine rings is 1. The average molecular weight is 268 g/mol. The van der Waals surface area contributed by atoms with Gasteiger partial charge >= 0.3 is 0 Å². The zero-order valence-electron chi connectivity index (χ0n) is 12.9. The Kier molecular flexibility index (Phi) is 5.67. The van der Waals surface area contributed by atoms with Crippen LogP contribution in [0.4, 0.5) is 0 Å². The van der Waals surface area contributed by atoms with Gasteiger partial charge in [0.1, 0.15) is 0 Å². The lowest BCUT2D eigenvalue weighted by molar-refractivity contribution is 0.0659. The first kappa shape index (κ1) is 15.3. The van der Waals surface area contributed by atoms with Crippen molar-refractivity contribution >= 4 is 0 Å². The summed E-state index contributed by atoms with van der Waals surface area (Å²) < 4.78 is 0. The summed E-state index contributed by atoms with van der Waals surface area (Å²) in [6, 6.07) is 0.674. The van der Waals surface area contributed by atoms with E-state index in [1.54, 1.807) is 0 Å². The molecule has 0 bridgehead atoms. The largest absolute Gasteiger partial charge is 0.396 e. The normalized spacial score (nSPS) is 41.4. The Morgan fingerprint density at radius 1 is 1.26 bits per heavy atom. The van der Waals surface area contributed by atoms with Gasteiger partial charge in [0.05, 0.1) is 0 Å². The molecule has 1 saturated carbocycles. The number of aliphatic hydroxyl groups excluding tert-OH is 1. The van der Waals surface area contributed by atoms with Crippen molar-refractivity contribution in [2.24, 2.45) is 23.7 Å². The van der Waals surface area contributed by atoms with Crippen LogP contribution >= 0.6 is 0 Å². The number of hydrogen-bond donors (Lipinski definition) is 2. The Hall–Kier alpha value is -0.120. The average Bonchev–Trinajstić information content (AvgIpc) is 2.41. The van der Waals surface area contributed by atoms with Crippen molar-refractivity contribution in [3.05, 3.63) is 0 Å². The van der Waals surface area contributed by atoms with Crippen molar-refractivity contribution in [1.82, 2.24) is 10.2 Å². The molecule has 3 heteroatoms. The van der Waals surface area contributed by atoms with E-state index >= 15 is 0 Å². The molecule has 0 aromatic heterocycles. The van der Waals surface area contributed by atoms with E-state index in [-0.39, 0.29) is 0 Å². The molecule has 3 nitrogen and oxygen atoms in total. The first-order chi connectivity index (χ1) is 9.13. The SMILES string of the molecule is CNC1CC(C)CC(C)C1CN1CCCC(CO)C1. The van der Waals surface area contributed by atoms with Crippen molar-refractivity contribution in [2.45, 2.75) is 45.6 Å². The molecule has 5 atom stereocenters. The van der Waals surface area contributed by atoms with Gasteiger partial charge in [0.15, 0.2) is 0 Å². The fourth-order valence-electron chi connectivity index (χ4n) is 4.31. The predicted molar refractivity (Wildman–Crippen MR) is 80.1 cm³/mol. The molecule has 0 amide bonds. The van der Waals surface area contributed by atoms with Crippen LogP contribution in [0.5, 0.6) is 0 Å². The van der Waals surface area contributed by atoms with E-state index in [1.807, 2.05) is 0 Å². The second kappa shape index (κ2) is 7.05. The molecule has 2 fully saturated rings. The number of hydrogen-bond acceptors (Lipinski definition) is 3. The minimum absolute atomic E-state index is 0.364. The quantitative estimate of drug-likeness (QED) is 0.818. The maximum absolute atomic E-state index is 9.36. The summed E-state index contributed by atoms with van der Waals surface area (Å²) in [6.07, 6.45) is 5.16. The van der Waals surface area contributed by atoms with Crippen molar-refractivity contribution in [2.75, 3.05) is 33.3 Å². The molecule has 1 aliphatic carbocycles. The summed E-state index contributed by atoms with van der Waals surface area (Å²) >= 11 is 0. The maximum Gasteiger partial charge on any atom is 0.0471 e. The van der Waals surface area contributed by atoms with Crippen LogP contribution in [0.3, 0.4) is 0 Å². The van der Waals surface area contributed by atoms with Gasteiger partial charge in [0.25, 0.3) is 0 Å². The zero-order valence-corrected chi connectivity index (χ0v) is 12.9. The van der Waals surface area contributed by atoms with Gasteiger partial charge in [-0.2, -0.15) is 0 Å². The van der Waals surface area contributed by atoms with Crippen molar-refractivity contribution in [3.8, 4) is 0 Å². The summed E-state index contributed by atoms with van der Waals surface area (Å²) in [4.78, 5) is 2.60. The number of nitrogens with zero attached hydrogens (tertiary/aromatic N) is 1. The Bertz CT molecular complexity index is 271. The molecule has 5 unspecified atom stereocenters. The monoisotopic (exact) mass is 268 g/mol. The van der Waals surface area contributed by atoms with E-state index in [9.17, 15) is 5.11 Å². The lowest BCUT2D eigenvalue weighted by atomic mass is 9.72. The highest BCUT2D eigenvalue weighted by Crippen LogP contribution is 2.34. The van der Waals surface area contributed by atoms with Gasteiger partial charge in [-0.15, -0.1) is 0 Å². The Balaban J connectivity index is 1.92. The highest BCUT2D eigenvalue weighted by Gasteiger charge is 2.34. The van der Waals surface area contributed by atoms with E-state index in [4.69, 9.17) is 0 Å². The van der Waals surface area contributed by atoms with Crippen LogP contribution in [0.15, 0.2) is 0 Å². The Morgan fingerprint density at radius 2 is 2.05 bits per heavy atom. The van der Waals surface area contributed by atoms with Crippen LogP contribution < -0.4 is 5.32 Å². The third-order valence-electron chi connectivity index (χ3n) is 5.38. The summed E-state index contributed by atoms with van der Waals surface area (Å²) in [5.74, 6) is 2.96. The molecule has 2 rings (SSSR count). The Morgan fingerprint density at radius 3 is 2.74 bits per heavy atom. The Labute approximate surface area is 118 Å². The molecule has 1 saturated heterocycles. The topological polar surface area (TPSA) is 35.5 Å². The second-order valence-electron chi connectivity index (χ2n) is 7.06. The lowest BCUT2D eigenvalue weighted by Gasteiger charge is -2.43. The summed E-state index contributed by atoms with van der Waals surface area (Å²) in [5.41, 5.74) is 0. The third kappa shape index (κ3) is 3.93. The molecule has 2 aliphatic rings. The van der Waals surface area contributed by atoms with Gasteiger partial charge < -0.3 is 15.3 Å². The predicted octanol–water partition coefficient (Wildman–Crippen LogP) is 1.96. The summed E-state index contributed by atoms with van der Waals surface area (Å²) in [6.45, 7) is 8.73. The molecular weight excluding hydrogens is 236 g/mol.